The number of ether oxygens (including phenoxy) is 1. The van der Waals surface area contributed by atoms with Crippen LogP contribution in [0.15, 0.2) is 24.3 Å². The zero-order chi connectivity index (χ0) is 19.4. The summed E-state index contributed by atoms with van der Waals surface area (Å²) >= 11 is 0. The molecule has 0 unspecified atom stereocenters. The van der Waals surface area contributed by atoms with Crippen LogP contribution in [0.4, 0.5) is 0 Å². The summed E-state index contributed by atoms with van der Waals surface area (Å²) in [6, 6.07) is 6.68. The standard InChI is InChI=1S/C18H27O7P/c1-4-22-26(21,23-5-2)24-14-10-6-7-12-17(20)16-11-8-9-13-18(16)25-15(3)19/h8-9,11,13H,4-7,10,12,14H2,1-3H3. The number of esters is 1. The summed E-state index contributed by atoms with van der Waals surface area (Å²) in [6.45, 7) is 5.45. The Kier molecular flexibility index (Phi) is 10.4. The lowest BCUT2D eigenvalue weighted by molar-refractivity contribution is -0.131. The van der Waals surface area contributed by atoms with Crippen LogP contribution in [0.3, 0.4) is 0 Å². The molecule has 0 aliphatic rings. The third kappa shape index (κ3) is 8.23. The Labute approximate surface area is 154 Å². The zero-order valence-electron chi connectivity index (χ0n) is 15.6. The van der Waals surface area contributed by atoms with E-state index in [-0.39, 0.29) is 31.4 Å². The molecule has 0 radical (unpaired) electrons. The molecule has 8 heteroatoms. The molecule has 1 aromatic carbocycles. The van der Waals surface area contributed by atoms with E-state index >= 15 is 0 Å². The summed E-state index contributed by atoms with van der Waals surface area (Å²) in [5.41, 5.74) is 0.399. The molecule has 0 aliphatic heterocycles. The molecular weight excluding hydrogens is 359 g/mol. The van der Waals surface area contributed by atoms with Gasteiger partial charge in [-0.3, -0.25) is 23.2 Å². The average molecular weight is 386 g/mol. The van der Waals surface area contributed by atoms with Crippen molar-refractivity contribution in [3.63, 3.8) is 0 Å². The zero-order valence-corrected chi connectivity index (χ0v) is 16.5. The van der Waals surface area contributed by atoms with Crippen LogP contribution >= 0.6 is 7.82 Å². The summed E-state index contributed by atoms with van der Waals surface area (Å²) in [4.78, 5) is 23.4. The van der Waals surface area contributed by atoms with Crippen molar-refractivity contribution < 1.29 is 32.5 Å². The number of phosphoric ester groups is 1. The lowest BCUT2D eigenvalue weighted by Crippen LogP contribution is -2.07. The van der Waals surface area contributed by atoms with Crippen LogP contribution in [-0.2, 0) is 22.9 Å². The third-order valence-electron chi connectivity index (χ3n) is 3.31. The predicted molar refractivity (Wildman–Crippen MR) is 97.4 cm³/mol. The first-order valence-electron chi connectivity index (χ1n) is 8.76. The molecule has 0 aliphatic carbocycles. The monoisotopic (exact) mass is 386 g/mol. The molecule has 0 spiro atoms. The number of unbranched alkanes of at least 4 members (excludes halogenated alkanes) is 2. The van der Waals surface area contributed by atoms with Crippen LogP contribution < -0.4 is 4.74 Å². The number of para-hydroxylation sites is 1. The number of carbonyl (C=O) groups excluding carboxylic acids is 2. The van der Waals surface area contributed by atoms with Gasteiger partial charge in [0.25, 0.3) is 0 Å². The highest BCUT2D eigenvalue weighted by Gasteiger charge is 2.24. The number of hydrogen-bond acceptors (Lipinski definition) is 7. The fourth-order valence-electron chi connectivity index (χ4n) is 2.24. The molecule has 0 bridgehead atoms. The van der Waals surface area contributed by atoms with E-state index in [9.17, 15) is 14.2 Å². The molecule has 0 saturated heterocycles. The molecule has 0 fully saturated rings. The van der Waals surface area contributed by atoms with E-state index < -0.39 is 13.8 Å². The summed E-state index contributed by atoms with van der Waals surface area (Å²) in [5.74, 6) is -0.268. The highest BCUT2D eigenvalue weighted by Crippen LogP contribution is 2.49. The highest BCUT2D eigenvalue weighted by molar-refractivity contribution is 7.48. The van der Waals surface area contributed by atoms with Crippen molar-refractivity contribution in [2.24, 2.45) is 0 Å². The van der Waals surface area contributed by atoms with Crippen LogP contribution in [0.2, 0.25) is 0 Å². The van der Waals surface area contributed by atoms with Crippen LogP contribution in [0.1, 0.15) is 56.8 Å². The van der Waals surface area contributed by atoms with Gasteiger partial charge in [-0.05, 0) is 38.8 Å². The first-order valence-corrected chi connectivity index (χ1v) is 10.2. The number of phosphoric acid groups is 1. The Bertz CT molecular complexity index is 620. The summed E-state index contributed by atoms with van der Waals surface area (Å²) in [5, 5.41) is 0. The van der Waals surface area contributed by atoms with Crippen molar-refractivity contribution in [1.82, 2.24) is 0 Å². The SMILES string of the molecule is CCOP(=O)(OCC)OCCCCCC(=O)c1ccccc1OC(C)=O. The fraction of sp³-hybridized carbons (Fsp3) is 0.556. The van der Waals surface area contributed by atoms with Crippen molar-refractivity contribution in [2.75, 3.05) is 19.8 Å². The molecule has 0 amide bonds. The van der Waals surface area contributed by atoms with Crippen molar-refractivity contribution in [3.05, 3.63) is 29.8 Å². The average Bonchev–Trinajstić information content (AvgIpc) is 2.58. The number of Topliss-reactive ketones (excluding diaryl/α,β-unsaturated/α-hetero) is 1. The highest BCUT2D eigenvalue weighted by atomic mass is 31.2. The van der Waals surface area contributed by atoms with Gasteiger partial charge >= 0.3 is 13.8 Å². The predicted octanol–water partition coefficient (Wildman–Crippen LogP) is 4.55. The van der Waals surface area contributed by atoms with E-state index in [1.54, 1.807) is 38.1 Å². The molecule has 0 atom stereocenters. The Balaban J connectivity index is 2.37. The van der Waals surface area contributed by atoms with Crippen LogP contribution in [0.25, 0.3) is 0 Å². The maximum atomic E-state index is 12.3. The minimum absolute atomic E-state index is 0.0860. The van der Waals surface area contributed by atoms with Crippen molar-refractivity contribution in [3.8, 4) is 5.75 Å². The van der Waals surface area contributed by atoms with Gasteiger partial charge < -0.3 is 4.74 Å². The second-order valence-electron chi connectivity index (χ2n) is 5.44. The second-order valence-corrected chi connectivity index (χ2v) is 7.11. The number of ketones is 1. The number of hydrogen-bond donors (Lipinski definition) is 0. The van der Waals surface area contributed by atoms with Gasteiger partial charge in [0.1, 0.15) is 5.75 Å². The second kappa shape index (κ2) is 12.0. The van der Waals surface area contributed by atoms with Gasteiger partial charge in [-0.1, -0.05) is 18.6 Å². The minimum atomic E-state index is -3.47. The Morgan fingerprint density at radius 3 is 2.23 bits per heavy atom. The van der Waals surface area contributed by atoms with Gasteiger partial charge in [-0.15, -0.1) is 0 Å². The van der Waals surface area contributed by atoms with Gasteiger partial charge in [-0.25, -0.2) is 4.57 Å². The maximum Gasteiger partial charge on any atom is 0.474 e. The van der Waals surface area contributed by atoms with Gasteiger partial charge in [0.15, 0.2) is 5.78 Å². The van der Waals surface area contributed by atoms with Gasteiger partial charge in [0.05, 0.1) is 25.4 Å². The summed E-state index contributed by atoms with van der Waals surface area (Å²) < 4.78 is 32.5. The molecule has 1 aromatic rings. The fourth-order valence-corrected chi connectivity index (χ4v) is 3.45. The third-order valence-corrected chi connectivity index (χ3v) is 4.96. The maximum absolute atomic E-state index is 12.3. The van der Waals surface area contributed by atoms with Crippen molar-refractivity contribution in [1.29, 1.82) is 0 Å². The van der Waals surface area contributed by atoms with Crippen LogP contribution in [-0.4, -0.2) is 31.6 Å². The minimum Gasteiger partial charge on any atom is -0.426 e. The molecule has 26 heavy (non-hydrogen) atoms. The molecule has 7 nitrogen and oxygen atoms in total. The van der Waals surface area contributed by atoms with Gasteiger partial charge in [-0.2, -0.15) is 0 Å². The largest absolute Gasteiger partial charge is 0.474 e. The molecule has 0 saturated carbocycles. The quantitative estimate of drug-likeness (QED) is 0.161. The molecule has 0 N–H and O–H groups in total. The van der Waals surface area contributed by atoms with Crippen LogP contribution in [0, 0.1) is 0 Å². The van der Waals surface area contributed by atoms with E-state index in [0.717, 1.165) is 6.42 Å². The van der Waals surface area contributed by atoms with E-state index in [2.05, 4.69) is 0 Å². The summed E-state index contributed by atoms with van der Waals surface area (Å²) in [6.07, 6.45) is 2.32. The molecule has 0 heterocycles. The normalized spacial score (nSPS) is 11.3. The first-order chi connectivity index (χ1) is 12.4. The van der Waals surface area contributed by atoms with Crippen molar-refractivity contribution in [2.45, 2.75) is 46.5 Å². The molecule has 0 aromatic heterocycles. The molecule has 1 rings (SSSR count). The summed E-state index contributed by atoms with van der Waals surface area (Å²) in [7, 11) is -3.47. The Morgan fingerprint density at radius 2 is 1.62 bits per heavy atom. The Hall–Kier alpha value is -1.53. The van der Waals surface area contributed by atoms with Gasteiger partial charge in [0, 0.05) is 13.3 Å². The first kappa shape index (κ1) is 22.5. The number of carbonyl (C=O) groups is 2. The number of benzene rings is 1. The van der Waals surface area contributed by atoms with E-state index in [1.165, 1.54) is 6.92 Å². The number of rotatable bonds is 13. The molecule has 146 valence electrons. The van der Waals surface area contributed by atoms with E-state index in [4.69, 9.17) is 18.3 Å². The lowest BCUT2D eigenvalue weighted by Gasteiger charge is -2.16. The van der Waals surface area contributed by atoms with E-state index in [1.807, 2.05) is 0 Å². The molecular formula is C18H27O7P. The van der Waals surface area contributed by atoms with Crippen LogP contribution in [0.5, 0.6) is 5.75 Å². The smallest absolute Gasteiger partial charge is 0.426 e. The Morgan fingerprint density at radius 1 is 0.962 bits per heavy atom. The lowest BCUT2D eigenvalue weighted by atomic mass is 10.0. The van der Waals surface area contributed by atoms with E-state index in [0.29, 0.717) is 24.8 Å². The van der Waals surface area contributed by atoms with Gasteiger partial charge in [0.2, 0.25) is 0 Å². The topological polar surface area (TPSA) is 88.1 Å². The van der Waals surface area contributed by atoms with Crippen molar-refractivity contribution >= 4 is 19.6 Å².